The summed E-state index contributed by atoms with van der Waals surface area (Å²) >= 11 is 0. The molecule has 0 aromatic carbocycles. The summed E-state index contributed by atoms with van der Waals surface area (Å²) in [6, 6.07) is 0. The maximum absolute atomic E-state index is 15.0. The van der Waals surface area contributed by atoms with Crippen molar-refractivity contribution < 1.29 is 79.2 Å². The second kappa shape index (κ2) is 14.3. The lowest BCUT2D eigenvalue weighted by atomic mass is 9.39. The zero-order chi connectivity index (χ0) is 43.0. The molecule has 0 bridgehead atoms. The summed E-state index contributed by atoms with van der Waals surface area (Å²) in [6.07, 6.45) is -13.7. The van der Waals surface area contributed by atoms with E-state index >= 15 is 4.79 Å². The second-order valence-corrected chi connectivity index (χ2v) is 20.3. The van der Waals surface area contributed by atoms with E-state index in [2.05, 4.69) is 6.92 Å². The third-order valence-corrected chi connectivity index (χ3v) is 15.9. The number of aliphatic hydroxyl groups is 9. The van der Waals surface area contributed by atoms with Crippen molar-refractivity contribution in [3.05, 3.63) is 23.5 Å². The van der Waals surface area contributed by atoms with Crippen LogP contribution in [-0.4, -0.2) is 155 Å². The molecule has 328 valence electrons. The number of allylic oxidation sites excluding steroid dienone is 4. The molecule has 3 heterocycles. The molecule has 16 heteroatoms. The number of ether oxygens (including phenoxy) is 5. The molecule has 7 rings (SSSR count). The van der Waals surface area contributed by atoms with Crippen LogP contribution in [0, 0.1) is 39.4 Å². The first-order valence-corrected chi connectivity index (χ1v) is 20.6. The van der Waals surface area contributed by atoms with Crippen molar-refractivity contribution in [3.63, 3.8) is 0 Å². The van der Waals surface area contributed by atoms with Crippen molar-refractivity contribution in [3.8, 4) is 0 Å². The Bertz CT molecular complexity index is 1700. The Kier molecular flexibility index (Phi) is 10.9. The van der Waals surface area contributed by atoms with E-state index < -0.39 is 137 Å². The van der Waals surface area contributed by atoms with E-state index in [9.17, 15) is 50.8 Å². The van der Waals surface area contributed by atoms with Crippen LogP contribution in [0.2, 0.25) is 0 Å². The standard InChI is InChI=1S/C42H64O16/c1-17-26(45)28(47)30(49)35(54-17)58-31-29(48)27(46)23(16-43)57-36(31)56-20-12-19-18(37(2,3)33(20)50)10-11-24-39(6)13-21-32(40(39,7)15-25(44)42(19,24)9)41(8,53)14-22(55-21)34(51)38(4,5)52/h10,12,17,19,21-24,26-32,34-36,43,45-49,51-53H,11,13-16H2,1-9H3/t17-,19-,21-,22-,23-,24+,26-,27-,28+,29+,30+,31-,32+,34?,35-,36-,39+,40-,41+,42+/m1/s1. The Hall–Kier alpha value is -1.90. The van der Waals surface area contributed by atoms with Gasteiger partial charge >= 0.3 is 0 Å². The summed E-state index contributed by atoms with van der Waals surface area (Å²) in [5.41, 5.74) is -5.70. The normalized spacial score (nSPS) is 52.1. The molecule has 58 heavy (non-hydrogen) atoms. The summed E-state index contributed by atoms with van der Waals surface area (Å²) < 4.78 is 30.3. The smallest absolute Gasteiger partial charge is 0.229 e. The SMILES string of the molecule is C[C@H]1O[C@H](O[C@H]2[C@H](OC3=C[C@@H]4C(=CC[C@@H]5[C@@]4(C)C(=O)C[C@]4(C)[C@@H]6[C@@H](C[C@@]54C)O[C@@H](C(O)C(C)(C)O)C[C@]6(C)O)C(C)(C)C3=O)O[C@H](CO)[C@@H](O)[C@@H]2O)[C@@H](O)[C@@H](O)[C@@H]1O. The van der Waals surface area contributed by atoms with E-state index in [1.807, 2.05) is 19.9 Å². The van der Waals surface area contributed by atoms with Crippen molar-refractivity contribution in [1.82, 2.24) is 0 Å². The molecule has 5 fully saturated rings. The zero-order valence-corrected chi connectivity index (χ0v) is 34.8. The van der Waals surface area contributed by atoms with Gasteiger partial charge in [0.2, 0.25) is 12.1 Å². The van der Waals surface area contributed by atoms with Crippen LogP contribution in [0.5, 0.6) is 0 Å². The van der Waals surface area contributed by atoms with Gasteiger partial charge < -0.3 is 69.6 Å². The summed E-state index contributed by atoms with van der Waals surface area (Å²) in [5, 5.41) is 97.4. The van der Waals surface area contributed by atoms with Gasteiger partial charge in [-0.05, 0) is 77.2 Å². The average Bonchev–Trinajstić information content (AvgIpc) is 3.37. The van der Waals surface area contributed by atoms with Gasteiger partial charge in [0, 0.05) is 30.1 Å². The highest BCUT2D eigenvalue weighted by Gasteiger charge is 2.75. The molecule has 2 saturated carbocycles. The minimum Gasteiger partial charge on any atom is -0.459 e. The molecule has 1 unspecified atom stereocenters. The Morgan fingerprint density at radius 3 is 2.16 bits per heavy atom. The van der Waals surface area contributed by atoms with Gasteiger partial charge in [-0.3, -0.25) is 9.59 Å². The fourth-order valence-corrected chi connectivity index (χ4v) is 12.4. The fourth-order valence-electron chi connectivity index (χ4n) is 12.4. The number of ketones is 2. The fraction of sp³-hybridized carbons (Fsp3) is 0.857. The van der Waals surface area contributed by atoms with Gasteiger partial charge in [-0.2, -0.15) is 0 Å². The van der Waals surface area contributed by atoms with Crippen LogP contribution in [0.1, 0.15) is 88.0 Å². The van der Waals surface area contributed by atoms with Gasteiger partial charge in [0.05, 0.1) is 41.5 Å². The van der Waals surface area contributed by atoms with Gasteiger partial charge in [-0.1, -0.05) is 32.4 Å². The molecule has 4 aliphatic carbocycles. The van der Waals surface area contributed by atoms with E-state index in [1.165, 1.54) is 20.8 Å². The van der Waals surface area contributed by atoms with Crippen molar-refractivity contribution in [2.24, 2.45) is 39.4 Å². The van der Waals surface area contributed by atoms with Crippen LogP contribution in [0.3, 0.4) is 0 Å². The molecule has 9 N–H and O–H groups in total. The second-order valence-electron chi connectivity index (χ2n) is 20.3. The number of rotatable bonds is 7. The molecule has 0 spiro atoms. The van der Waals surface area contributed by atoms with Crippen LogP contribution >= 0.6 is 0 Å². The lowest BCUT2D eigenvalue weighted by molar-refractivity contribution is -0.360. The summed E-state index contributed by atoms with van der Waals surface area (Å²) in [5.74, 6) is -2.16. The van der Waals surface area contributed by atoms with Gasteiger partial charge in [0.1, 0.15) is 48.5 Å². The van der Waals surface area contributed by atoms with Crippen molar-refractivity contribution in [2.45, 2.75) is 179 Å². The summed E-state index contributed by atoms with van der Waals surface area (Å²) in [6.45, 7) is 15.0. The Labute approximate surface area is 338 Å². The van der Waals surface area contributed by atoms with Gasteiger partial charge in [0.15, 0.2) is 18.2 Å². The number of aliphatic hydroxyl groups excluding tert-OH is 7. The molecule has 7 aliphatic rings. The molecule has 0 aromatic heterocycles. The van der Waals surface area contributed by atoms with Gasteiger partial charge in [0.25, 0.3) is 0 Å². The minimum atomic E-state index is -1.81. The molecule has 3 aliphatic heterocycles. The predicted molar refractivity (Wildman–Crippen MR) is 201 cm³/mol. The molecule has 0 radical (unpaired) electrons. The lowest BCUT2D eigenvalue weighted by Crippen LogP contribution is -2.65. The molecule has 0 amide bonds. The number of carbonyl (C=O) groups is 2. The molecule has 0 aromatic rings. The Balaban J connectivity index is 1.24. The van der Waals surface area contributed by atoms with Crippen LogP contribution in [-0.2, 0) is 33.3 Å². The number of fused-ring (bicyclic) bond motifs is 7. The van der Waals surface area contributed by atoms with Crippen LogP contribution < -0.4 is 0 Å². The quantitative estimate of drug-likeness (QED) is 0.150. The van der Waals surface area contributed by atoms with Crippen LogP contribution in [0.4, 0.5) is 0 Å². The molecule has 16 nitrogen and oxygen atoms in total. The first-order chi connectivity index (χ1) is 26.7. The maximum Gasteiger partial charge on any atom is 0.229 e. The molecular formula is C42H64O16. The lowest BCUT2D eigenvalue weighted by Gasteiger charge is -2.64. The largest absolute Gasteiger partial charge is 0.459 e. The average molecular weight is 825 g/mol. The number of hydrogen-bond acceptors (Lipinski definition) is 16. The van der Waals surface area contributed by atoms with E-state index in [0.717, 1.165) is 5.57 Å². The molecular weight excluding hydrogens is 760 g/mol. The highest BCUT2D eigenvalue weighted by Crippen LogP contribution is 2.75. The maximum atomic E-state index is 15.0. The summed E-state index contributed by atoms with van der Waals surface area (Å²) in [4.78, 5) is 29.4. The van der Waals surface area contributed by atoms with Crippen molar-refractivity contribution in [1.29, 1.82) is 0 Å². The summed E-state index contributed by atoms with van der Waals surface area (Å²) in [7, 11) is 0. The first-order valence-electron chi connectivity index (χ1n) is 20.6. The van der Waals surface area contributed by atoms with Gasteiger partial charge in [-0.25, -0.2) is 0 Å². The van der Waals surface area contributed by atoms with E-state index in [-0.39, 0.29) is 30.3 Å². The van der Waals surface area contributed by atoms with Crippen LogP contribution in [0.15, 0.2) is 23.5 Å². The van der Waals surface area contributed by atoms with Gasteiger partial charge in [-0.15, -0.1) is 0 Å². The first kappa shape index (κ1) is 44.2. The number of hydrogen-bond donors (Lipinski definition) is 9. The van der Waals surface area contributed by atoms with E-state index in [1.54, 1.807) is 26.8 Å². The number of Topliss-reactive ketones (excluding diaryl/α,β-unsaturated/α-hetero) is 2. The topological polar surface area (TPSA) is 262 Å². The monoisotopic (exact) mass is 824 g/mol. The predicted octanol–water partition coefficient (Wildman–Crippen LogP) is -0.238. The van der Waals surface area contributed by atoms with E-state index in [4.69, 9.17) is 23.7 Å². The van der Waals surface area contributed by atoms with E-state index in [0.29, 0.717) is 12.8 Å². The highest BCUT2D eigenvalue weighted by atomic mass is 16.8. The Morgan fingerprint density at radius 1 is 0.879 bits per heavy atom. The van der Waals surface area contributed by atoms with Crippen LogP contribution in [0.25, 0.3) is 0 Å². The third kappa shape index (κ3) is 6.34. The highest BCUT2D eigenvalue weighted by molar-refractivity contribution is 6.02. The molecule has 20 atom stereocenters. The van der Waals surface area contributed by atoms with Crippen molar-refractivity contribution in [2.75, 3.05) is 6.61 Å². The third-order valence-electron chi connectivity index (χ3n) is 15.9. The molecule has 3 saturated heterocycles. The minimum absolute atomic E-state index is 0.0590. The zero-order valence-electron chi connectivity index (χ0n) is 34.8. The van der Waals surface area contributed by atoms with Crippen molar-refractivity contribution >= 4 is 11.6 Å². The number of carbonyl (C=O) groups excluding carboxylic acids is 2. The Morgan fingerprint density at radius 2 is 1.53 bits per heavy atom.